The van der Waals surface area contributed by atoms with Gasteiger partial charge in [-0.05, 0) is 58.7 Å². The lowest BCUT2D eigenvalue weighted by Crippen LogP contribution is -2.27. The monoisotopic (exact) mass is 496 g/mol. The number of hydrogen-bond acceptors (Lipinski definition) is 4. The van der Waals surface area contributed by atoms with E-state index in [4.69, 9.17) is 5.14 Å². The van der Waals surface area contributed by atoms with Gasteiger partial charge in [-0.15, -0.1) is 0 Å². The van der Waals surface area contributed by atoms with Crippen molar-refractivity contribution in [1.82, 2.24) is 4.72 Å². The molecule has 0 saturated carbocycles. The third kappa shape index (κ3) is 4.64. The van der Waals surface area contributed by atoms with Crippen LogP contribution in [0.1, 0.15) is 18.5 Å². The summed E-state index contributed by atoms with van der Waals surface area (Å²) < 4.78 is 51.5. The zero-order valence-electron chi connectivity index (χ0n) is 12.4. The Labute approximate surface area is 157 Å². The number of rotatable bonds is 5. The van der Waals surface area contributed by atoms with E-state index in [1.807, 2.05) is 0 Å². The van der Waals surface area contributed by atoms with Crippen molar-refractivity contribution in [2.75, 3.05) is 0 Å². The van der Waals surface area contributed by atoms with E-state index in [0.717, 1.165) is 0 Å². The first kappa shape index (κ1) is 19.5. The molecule has 6 nitrogen and oxygen atoms in total. The second-order valence-corrected chi connectivity index (χ2v) is 10.0. The number of sulfonamides is 2. The number of nitrogens with two attached hydrogens (primary N) is 1. The van der Waals surface area contributed by atoms with Gasteiger partial charge in [-0.2, -0.15) is 0 Å². The van der Waals surface area contributed by atoms with Gasteiger partial charge in [-0.1, -0.05) is 28.1 Å². The van der Waals surface area contributed by atoms with Gasteiger partial charge in [0.2, 0.25) is 20.0 Å². The summed E-state index contributed by atoms with van der Waals surface area (Å²) in [6.07, 6.45) is 0. The minimum Gasteiger partial charge on any atom is -0.225 e. The quantitative estimate of drug-likeness (QED) is 0.662. The van der Waals surface area contributed by atoms with Crippen molar-refractivity contribution >= 4 is 51.9 Å². The van der Waals surface area contributed by atoms with Crippen LogP contribution in [0.4, 0.5) is 0 Å². The summed E-state index contributed by atoms with van der Waals surface area (Å²) in [7, 11) is -7.67. The summed E-state index contributed by atoms with van der Waals surface area (Å²) in [5.74, 6) is 0. The molecular weight excluding hydrogens is 484 g/mol. The number of halogens is 2. The smallest absolute Gasteiger partial charge is 0.225 e. The Balaban J connectivity index is 2.35. The predicted molar refractivity (Wildman–Crippen MR) is 98.4 cm³/mol. The number of hydrogen-bond donors (Lipinski definition) is 2. The van der Waals surface area contributed by atoms with E-state index in [1.54, 1.807) is 25.1 Å². The molecule has 0 aliphatic heterocycles. The minimum absolute atomic E-state index is 0.0744. The number of benzene rings is 2. The molecule has 0 aromatic heterocycles. The molecule has 10 heteroatoms. The Morgan fingerprint density at radius 1 is 1.04 bits per heavy atom. The molecule has 2 aromatic carbocycles. The molecule has 24 heavy (non-hydrogen) atoms. The molecule has 0 amide bonds. The van der Waals surface area contributed by atoms with Gasteiger partial charge in [-0.25, -0.2) is 26.7 Å². The van der Waals surface area contributed by atoms with E-state index in [0.29, 0.717) is 14.5 Å². The molecule has 0 bridgehead atoms. The molecule has 0 aliphatic rings. The first-order valence-electron chi connectivity index (χ1n) is 6.61. The molecule has 0 aliphatic carbocycles. The Bertz CT molecular complexity index is 976. The average Bonchev–Trinajstić information content (AvgIpc) is 2.48. The molecular formula is C14H14Br2N2O4S2. The van der Waals surface area contributed by atoms with E-state index in [-0.39, 0.29) is 9.79 Å². The topological polar surface area (TPSA) is 106 Å². The van der Waals surface area contributed by atoms with Gasteiger partial charge >= 0.3 is 0 Å². The van der Waals surface area contributed by atoms with Gasteiger partial charge in [0.25, 0.3) is 0 Å². The summed E-state index contributed by atoms with van der Waals surface area (Å²) >= 11 is 6.45. The Kier molecular flexibility index (Phi) is 5.88. The highest BCUT2D eigenvalue weighted by Crippen LogP contribution is 2.27. The Morgan fingerprint density at radius 3 is 2.33 bits per heavy atom. The molecule has 0 heterocycles. The zero-order valence-corrected chi connectivity index (χ0v) is 17.2. The van der Waals surface area contributed by atoms with Gasteiger partial charge in [-0.3, -0.25) is 0 Å². The molecule has 2 rings (SSSR count). The first-order chi connectivity index (χ1) is 11.0. The lowest BCUT2D eigenvalue weighted by Gasteiger charge is -2.16. The van der Waals surface area contributed by atoms with Crippen molar-refractivity contribution in [3.8, 4) is 0 Å². The fraction of sp³-hybridized carbons (Fsp3) is 0.143. The number of primary sulfonamides is 1. The Hall–Kier alpha value is -0.780. The third-order valence-corrected chi connectivity index (χ3v) is 7.14. The maximum Gasteiger partial charge on any atom is 0.242 e. The highest BCUT2D eigenvalue weighted by Gasteiger charge is 2.22. The van der Waals surface area contributed by atoms with Gasteiger partial charge in [0.15, 0.2) is 0 Å². The van der Waals surface area contributed by atoms with E-state index < -0.39 is 26.1 Å². The van der Waals surface area contributed by atoms with Crippen molar-refractivity contribution in [3.05, 3.63) is 57.0 Å². The van der Waals surface area contributed by atoms with Crippen LogP contribution in [-0.4, -0.2) is 16.8 Å². The second-order valence-electron chi connectivity index (χ2n) is 5.04. The molecule has 1 unspecified atom stereocenters. The average molecular weight is 498 g/mol. The summed E-state index contributed by atoms with van der Waals surface area (Å²) in [4.78, 5) is 0.000935. The van der Waals surface area contributed by atoms with Gasteiger partial charge in [0.1, 0.15) is 0 Å². The SMILES string of the molecule is CC(NS(=O)(=O)c1cc(Br)ccc1Br)c1cccc(S(N)(=O)=O)c1. The summed E-state index contributed by atoms with van der Waals surface area (Å²) in [5, 5.41) is 5.10. The molecule has 0 spiro atoms. The van der Waals surface area contributed by atoms with Crippen molar-refractivity contribution in [2.24, 2.45) is 5.14 Å². The maximum atomic E-state index is 12.6. The van der Waals surface area contributed by atoms with Crippen LogP contribution in [-0.2, 0) is 20.0 Å². The third-order valence-electron chi connectivity index (χ3n) is 3.20. The molecule has 0 saturated heterocycles. The van der Waals surface area contributed by atoms with E-state index in [2.05, 4.69) is 36.6 Å². The molecule has 0 radical (unpaired) electrons. The lowest BCUT2D eigenvalue weighted by molar-refractivity contribution is 0.566. The number of nitrogens with one attached hydrogen (secondary N) is 1. The van der Waals surface area contributed by atoms with Crippen LogP contribution in [0, 0.1) is 0 Å². The van der Waals surface area contributed by atoms with E-state index >= 15 is 0 Å². The van der Waals surface area contributed by atoms with Crippen LogP contribution in [0.2, 0.25) is 0 Å². The van der Waals surface area contributed by atoms with Crippen molar-refractivity contribution in [3.63, 3.8) is 0 Å². The van der Waals surface area contributed by atoms with Crippen LogP contribution < -0.4 is 9.86 Å². The Morgan fingerprint density at radius 2 is 1.71 bits per heavy atom. The largest absolute Gasteiger partial charge is 0.242 e. The van der Waals surface area contributed by atoms with Crippen LogP contribution in [0.25, 0.3) is 0 Å². The van der Waals surface area contributed by atoms with Crippen LogP contribution in [0.15, 0.2) is 61.2 Å². The summed E-state index contributed by atoms with van der Waals surface area (Å²) in [5.41, 5.74) is 0.483. The van der Waals surface area contributed by atoms with Crippen LogP contribution in [0.5, 0.6) is 0 Å². The minimum atomic E-state index is -3.86. The van der Waals surface area contributed by atoms with Gasteiger partial charge in [0.05, 0.1) is 9.79 Å². The molecule has 0 fully saturated rings. The highest BCUT2D eigenvalue weighted by molar-refractivity contribution is 9.11. The van der Waals surface area contributed by atoms with Crippen molar-refractivity contribution < 1.29 is 16.8 Å². The van der Waals surface area contributed by atoms with Crippen molar-refractivity contribution in [2.45, 2.75) is 22.8 Å². The zero-order chi connectivity index (χ0) is 18.1. The fourth-order valence-corrected chi connectivity index (χ4v) is 5.31. The normalized spacial score (nSPS) is 13.7. The van der Waals surface area contributed by atoms with E-state index in [9.17, 15) is 16.8 Å². The van der Waals surface area contributed by atoms with Gasteiger partial charge < -0.3 is 0 Å². The molecule has 2 aromatic rings. The second kappa shape index (κ2) is 7.22. The summed E-state index contributed by atoms with van der Waals surface area (Å²) in [6.45, 7) is 1.62. The highest BCUT2D eigenvalue weighted by atomic mass is 79.9. The standard InChI is InChI=1S/C14H14Br2N2O4S2/c1-9(10-3-2-4-12(7-10)23(17,19)20)18-24(21,22)14-8-11(15)5-6-13(14)16/h2-9,18H,1H3,(H2,17,19,20). The lowest BCUT2D eigenvalue weighted by atomic mass is 10.1. The van der Waals surface area contributed by atoms with E-state index in [1.165, 1.54) is 24.3 Å². The first-order valence-corrected chi connectivity index (χ1v) is 11.2. The van der Waals surface area contributed by atoms with Crippen LogP contribution in [0.3, 0.4) is 0 Å². The summed E-state index contributed by atoms with van der Waals surface area (Å²) in [6, 6.07) is 9.98. The van der Waals surface area contributed by atoms with Gasteiger partial charge in [0, 0.05) is 15.0 Å². The predicted octanol–water partition coefficient (Wildman–Crippen LogP) is 2.90. The van der Waals surface area contributed by atoms with Crippen LogP contribution >= 0.6 is 31.9 Å². The van der Waals surface area contributed by atoms with Crippen molar-refractivity contribution in [1.29, 1.82) is 0 Å². The molecule has 1 atom stereocenters. The molecule has 130 valence electrons. The molecule has 3 N–H and O–H groups in total. The fourth-order valence-electron chi connectivity index (χ4n) is 2.01. The maximum absolute atomic E-state index is 12.6.